The van der Waals surface area contributed by atoms with Crippen molar-refractivity contribution in [1.82, 2.24) is 0 Å². The Balaban J connectivity index is 1.02. The lowest BCUT2D eigenvalue weighted by Crippen LogP contribution is -2.03. The van der Waals surface area contributed by atoms with E-state index >= 15 is 0 Å². The molecule has 13 rings (SSSR count). The highest BCUT2D eigenvalue weighted by Crippen LogP contribution is 2.55. The fourth-order valence-electron chi connectivity index (χ4n) is 10.6. The maximum Gasteiger partial charge on any atom is 0.136 e. The number of furan rings is 1. The van der Waals surface area contributed by atoms with Gasteiger partial charge in [-0.25, -0.2) is 0 Å². The highest BCUT2D eigenvalue weighted by atomic mass is 32.2. The summed E-state index contributed by atoms with van der Waals surface area (Å²) in [5, 5.41) is 9.79. The van der Waals surface area contributed by atoms with Crippen molar-refractivity contribution in [1.29, 1.82) is 0 Å². The van der Waals surface area contributed by atoms with Gasteiger partial charge in [-0.3, -0.25) is 0 Å². The van der Waals surface area contributed by atoms with E-state index in [1.54, 1.807) is 0 Å². The fourth-order valence-corrected chi connectivity index (χ4v) is 11.9. The molecule has 286 valence electrons. The second kappa shape index (κ2) is 13.7. The number of rotatable bonds is 4. The number of hydrogen-bond donors (Lipinski definition) is 0. The maximum absolute atomic E-state index is 6.91. The smallest absolute Gasteiger partial charge is 0.136 e. The minimum Gasteiger partial charge on any atom is -0.456 e. The summed E-state index contributed by atoms with van der Waals surface area (Å²) in [5.41, 5.74) is 15.8. The van der Waals surface area contributed by atoms with E-state index in [1.165, 1.54) is 97.8 Å². The summed E-state index contributed by atoms with van der Waals surface area (Å²) in [6, 6.07) is 60.0. The first-order valence-corrected chi connectivity index (χ1v) is 22.2. The summed E-state index contributed by atoms with van der Waals surface area (Å²) in [4.78, 5) is 2.85. The molecule has 1 aromatic heterocycles. The molecule has 1 aliphatic heterocycles. The molecule has 0 saturated heterocycles. The maximum atomic E-state index is 6.91. The zero-order valence-corrected chi connectivity index (χ0v) is 34.2. The zero-order chi connectivity index (χ0) is 40.0. The van der Waals surface area contributed by atoms with Crippen molar-refractivity contribution in [3.63, 3.8) is 0 Å². The Kier molecular flexibility index (Phi) is 7.80. The summed E-state index contributed by atoms with van der Waals surface area (Å²) < 4.78 is 6.91. The number of allylic oxidation sites excluding steroid dienone is 6. The predicted octanol–water partition coefficient (Wildman–Crippen LogP) is 17.0. The van der Waals surface area contributed by atoms with Crippen LogP contribution in [-0.4, -0.2) is 0 Å². The van der Waals surface area contributed by atoms with E-state index < -0.39 is 0 Å². The number of fused-ring (bicyclic) bond motifs is 10. The van der Waals surface area contributed by atoms with Gasteiger partial charge in [0.15, 0.2) is 0 Å². The van der Waals surface area contributed by atoms with Crippen LogP contribution < -0.4 is 0 Å². The van der Waals surface area contributed by atoms with E-state index in [0.717, 1.165) is 40.3 Å². The lowest BCUT2D eigenvalue weighted by atomic mass is 9.80. The van der Waals surface area contributed by atoms with E-state index in [2.05, 4.69) is 200 Å². The van der Waals surface area contributed by atoms with Crippen LogP contribution in [0.25, 0.3) is 105 Å². The van der Waals surface area contributed by atoms with Gasteiger partial charge in [-0.2, -0.15) is 0 Å². The van der Waals surface area contributed by atoms with Crippen LogP contribution in [0.15, 0.2) is 202 Å². The molecular formula is C59H38OS. The van der Waals surface area contributed by atoms with Crippen molar-refractivity contribution in [2.24, 2.45) is 0 Å². The van der Waals surface area contributed by atoms with Crippen LogP contribution in [0, 0.1) is 0 Å². The van der Waals surface area contributed by atoms with Gasteiger partial charge in [0.2, 0.25) is 0 Å². The molecule has 2 heteroatoms. The minimum absolute atomic E-state index is 0.447. The number of benzene rings is 9. The average molecular weight is 795 g/mol. The molecular weight excluding hydrogens is 757 g/mol. The summed E-state index contributed by atoms with van der Waals surface area (Å²) in [7, 11) is 0. The van der Waals surface area contributed by atoms with Gasteiger partial charge in [0.1, 0.15) is 11.2 Å². The van der Waals surface area contributed by atoms with Crippen molar-refractivity contribution < 1.29 is 4.42 Å². The first-order valence-electron chi connectivity index (χ1n) is 21.3. The van der Waals surface area contributed by atoms with Gasteiger partial charge >= 0.3 is 0 Å². The van der Waals surface area contributed by atoms with E-state index in [1.807, 2.05) is 11.8 Å². The number of hydrogen-bond acceptors (Lipinski definition) is 2. The molecule has 1 atom stereocenters. The van der Waals surface area contributed by atoms with Crippen LogP contribution in [0.3, 0.4) is 0 Å². The van der Waals surface area contributed by atoms with Gasteiger partial charge in [-0.1, -0.05) is 182 Å². The molecule has 0 N–H and O–H groups in total. The highest BCUT2D eigenvalue weighted by Gasteiger charge is 2.31. The molecule has 10 aromatic rings. The predicted molar refractivity (Wildman–Crippen MR) is 261 cm³/mol. The Morgan fingerprint density at radius 3 is 1.80 bits per heavy atom. The topological polar surface area (TPSA) is 13.1 Å². The minimum atomic E-state index is 0.447. The summed E-state index contributed by atoms with van der Waals surface area (Å²) in [6.45, 7) is 0. The molecule has 2 aliphatic carbocycles. The first kappa shape index (κ1) is 34.7. The third kappa shape index (κ3) is 5.29. The molecule has 0 amide bonds. The van der Waals surface area contributed by atoms with Gasteiger partial charge in [0.05, 0.1) is 0 Å². The quantitative estimate of drug-likeness (QED) is 0.165. The highest BCUT2D eigenvalue weighted by molar-refractivity contribution is 8.03. The molecule has 3 aliphatic rings. The molecule has 0 bridgehead atoms. The standard InChI is InChI=1S/C59H38OS/c1-3-16-36(17-4-1)55-41-21-7-9-23-43(41)56(44-24-10-8-22-42(44)55)37-31-33-49-52(34-37)60-51-28-15-27-50(59(49)51)58-47-20-6-2-5-19-45(47)57(46-25-11-12-26-48(46)58)38-30-32-40-39-18-13-14-29-53(39)61-54(40)35-38/h1,3-31,33-35,40H,2,32H2. The van der Waals surface area contributed by atoms with Crippen LogP contribution in [0.1, 0.15) is 41.0 Å². The average Bonchev–Trinajstić information content (AvgIpc) is 3.78. The zero-order valence-electron chi connectivity index (χ0n) is 33.4. The Labute approximate surface area is 358 Å². The second-order valence-electron chi connectivity index (χ2n) is 16.5. The summed E-state index contributed by atoms with van der Waals surface area (Å²) in [6.07, 6.45) is 16.3. The lowest BCUT2D eigenvalue weighted by Gasteiger charge is -2.24. The molecule has 0 fully saturated rings. The molecule has 61 heavy (non-hydrogen) atoms. The van der Waals surface area contributed by atoms with E-state index in [4.69, 9.17) is 4.42 Å². The first-order chi connectivity index (χ1) is 30.3. The van der Waals surface area contributed by atoms with Crippen molar-refractivity contribution in [2.45, 2.75) is 23.7 Å². The SMILES string of the molecule is C1=Cc2c(c(-c3cccc4oc5cc(-c6c7ccccc7c(-c7ccccc7)c7ccccc67)ccc5c34)c3ccccc3c2C2=CCC3C(=C2)Sc2ccccc23)C=CC1. The van der Waals surface area contributed by atoms with E-state index in [9.17, 15) is 0 Å². The number of thioether (sulfide) groups is 1. The van der Waals surface area contributed by atoms with Crippen LogP contribution >= 0.6 is 11.8 Å². The molecule has 1 nitrogen and oxygen atoms in total. The van der Waals surface area contributed by atoms with Gasteiger partial charge in [0, 0.05) is 21.6 Å². The molecule has 0 saturated carbocycles. The molecule has 0 spiro atoms. The lowest BCUT2D eigenvalue weighted by molar-refractivity contribution is 0.669. The molecule has 0 radical (unpaired) electrons. The molecule has 1 unspecified atom stereocenters. The van der Waals surface area contributed by atoms with Gasteiger partial charge in [-0.15, -0.1) is 0 Å². The van der Waals surface area contributed by atoms with E-state index in [-0.39, 0.29) is 0 Å². The summed E-state index contributed by atoms with van der Waals surface area (Å²) >= 11 is 1.95. The summed E-state index contributed by atoms with van der Waals surface area (Å²) in [5.74, 6) is 0.447. The Morgan fingerprint density at radius 1 is 0.475 bits per heavy atom. The van der Waals surface area contributed by atoms with Crippen LogP contribution in [0.4, 0.5) is 0 Å². The van der Waals surface area contributed by atoms with Crippen LogP contribution in [0.5, 0.6) is 0 Å². The molecule has 9 aromatic carbocycles. The van der Waals surface area contributed by atoms with Crippen LogP contribution in [-0.2, 0) is 0 Å². The van der Waals surface area contributed by atoms with Crippen molar-refractivity contribution >= 4 is 83.7 Å². The Bertz CT molecular complexity index is 3560. The third-order valence-corrected chi connectivity index (χ3v) is 14.4. The van der Waals surface area contributed by atoms with Crippen molar-refractivity contribution in [2.75, 3.05) is 0 Å². The van der Waals surface area contributed by atoms with Crippen molar-refractivity contribution in [3.8, 4) is 33.4 Å². The monoisotopic (exact) mass is 794 g/mol. The Morgan fingerprint density at radius 2 is 1.08 bits per heavy atom. The van der Waals surface area contributed by atoms with Crippen LogP contribution in [0.2, 0.25) is 0 Å². The van der Waals surface area contributed by atoms with Gasteiger partial charge in [-0.05, 0) is 142 Å². The van der Waals surface area contributed by atoms with E-state index in [0.29, 0.717) is 5.92 Å². The molecule has 2 heterocycles. The normalized spacial score (nSPS) is 15.6. The van der Waals surface area contributed by atoms with Gasteiger partial charge < -0.3 is 4.42 Å². The Hall–Kier alpha value is -7.13. The third-order valence-electron chi connectivity index (χ3n) is 13.2. The van der Waals surface area contributed by atoms with Gasteiger partial charge in [0.25, 0.3) is 0 Å². The fraction of sp³-hybridized carbons (Fsp3) is 0.0508. The largest absolute Gasteiger partial charge is 0.456 e. The second-order valence-corrected chi connectivity index (χ2v) is 17.6. The van der Waals surface area contributed by atoms with Crippen molar-refractivity contribution in [3.05, 3.63) is 215 Å².